The number of methoxy groups -OCH3 is 1. The number of hydrogen-bond acceptors (Lipinski definition) is 5. The van der Waals surface area contributed by atoms with Gasteiger partial charge in [0.2, 0.25) is 0 Å². The van der Waals surface area contributed by atoms with Crippen molar-refractivity contribution in [3.8, 4) is 5.75 Å². The second-order valence-electron chi connectivity index (χ2n) is 7.87. The van der Waals surface area contributed by atoms with Crippen LogP contribution in [-0.4, -0.2) is 37.7 Å². The van der Waals surface area contributed by atoms with Crippen LogP contribution in [0.15, 0.2) is 42.5 Å². The smallest absolute Gasteiger partial charge is 0.312 e. The van der Waals surface area contributed by atoms with Gasteiger partial charge in [0.1, 0.15) is 5.75 Å². The molecule has 0 bridgehead atoms. The molecule has 1 fully saturated rings. The minimum atomic E-state index is -0.955. The number of benzene rings is 2. The zero-order chi connectivity index (χ0) is 20.1. The molecule has 0 unspecified atom stereocenters. The van der Waals surface area contributed by atoms with Gasteiger partial charge in [-0.2, -0.15) is 0 Å². The summed E-state index contributed by atoms with van der Waals surface area (Å²) in [6.45, 7) is 6.81. The molecule has 0 aromatic heterocycles. The van der Waals surface area contributed by atoms with Crippen LogP contribution in [0.1, 0.15) is 19.4 Å². The van der Waals surface area contributed by atoms with Gasteiger partial charge in [-0.25, -0.2) is 0 Å². The Bertz CT molecular complexity index is 947. The number of amides is 1. The molecule has 4 rings (SSSR count). The van der Waals surface area contributed by atoms with Crippen LogP contribution < -0.4 is 14.5 Å². The molecule has 0 saturated carbocycles. The Morgan fingerprint density at radius 2 is 1.86 bits per heavy atom. The quantitative estimate of drug-likeness (QED) is 0.764. The van der Waals surface area contributed by atoms with Gasteiger partial charge in [-0.1, -0.05) is 12.1 Å². The van der Waals surface area contributed by atoms with Crippen molar-refractivity contribution in [3.05, 3.63) is 48.0 Å². The van der Waals surface area contributed by atoms with Gasteiger partial charge < -0.3 is 14.4 Å². The van der Waals surface area contributed by atoms with Gasteiger partial charge in [0.25, 0.3) is 5.91 Å². The number of anilines is 3. The average molecular weight is 380 g/mol. The van der Waals surface area contributed by atoms with Gasteiger partial charge in [-0.3, -0.25) is 14.5 Å². The summed E-state index contributed by atoms with van der Waals surface area (Å²) in [4.78, 5) is 28.6. The summed E-state index contributed by atoms with van der Waals surface area (Å²) < 4.78 is 10.8. The Labute approximate surface area is 164 Å². The van der Waals surface area contributed by atoms with E-state index in [1.807, 2.05) is 49.4 Å². The van der Waals surface area contributed by atoms with Gasteiger partial charge in [-0.15, -0.1) is 0 Å². The van der Waals surface area contributed by atoms with Crippen LogP contribution in [0.3, 0.4) is 0 Å². The normalized spacial score (nSPS) is 18.2. The van der Waals surface area contributed by atoms with Gasteiger partial charge in [0, 0.05) is 18.8 Å². The second-order valence-corrected chi connectivity index (χ2v) is 7.87. The highest BCUT2D eigenvalue weighted by Gasteiger charge is 2.42. The molecule has 2 aromatic carbocycles. The minimum Gasteiger partial charge on any atom is -0.476 e. The summed E-state index contributed by atoms with van der Waals surface area (Å²) in [5, 5.41) is 0. The fourth-order valence-electron chi connectivity index (χ4n) is 3.68. The molecule has 0 spiro atoms. The molecule has 1 saturated heterocycles. The number of hydrogen-bond donors (Lipinski definition) is 0. The minimum absolute atomic E-state index is 0.0960. The third-order valence-corrected chi connectivity index (χ3v) is 5.31. The Morgan fingerprint density at radius 1 is 1.14 bits per heavy atom. The lowest BCUT2D eigenvalue weighted by atomic mass is 9.98. The first kappa shape index (κ1) is 18.3. The Kier molecular flexibility index (Phi) is 4.29. The molecule has 2 aliphatic heterocycles. The molecule has 0 radical (unpaired) electrons. The number of aryl methyl sites for hydroxylation is 1. The number of rotatable bonds is 3. The Morgan fingerprint density at radius 3 is 2.57 bits per heavy atom. The summed E-state index contributed by atoms with van der Waals surface area (Å²) >= 11 is 0. The van der Waals surface area contributed by atoms with Crippen LogP contribution in [-0.2, 0) is 14.3 Å². The van der Waals surface area contributed by atoms with E-state index in [2.05, 4.69) is 4.90 Å². The van der Waals surface area contributed by atoms with Crippen molar-refractivity contribution in [2.75, 3.05) is 30.0 Å². The molecule has 28 heavy (non-hydrogen) atoms. The van der Waals surface area contributed by atoms with Crippen molar-refractivity contribution < 1.29 is 19.1 Å². The first-order chi connectivity index (χ1) is 13.3. The van der Waals surface area contributed by atoms with Crippen LogP contribution >= 0.6 is 0 Å². The predicted molar refractivity (Wildman–Crippen MR) is 107 cm³/mol. The van der Waals surface area contributed by atoms with Crippen molar-refractivity contribution in [1.82, 2.24) is 0 Å². The van der Waals surface area contributed by atoms with Crippen molar-refractivity contribution in [3.63, 3.8) is 0 Å². The molecular weight excluding hydrogens is 356 g/mol. The molecule has 6 nitrogen and oxygen atoms in total. The number of carbonyl (C=O) groups is 2. The van der Waals surface area contributed by atoms with Crippen LogP contribution in [0, 0.1) is 12.8 Å². The van der Waals surface area contributed by atoms with Crippen LogP contribution in [0.25, 0.3) is 0 Å². The van der Waals surface area contributed by atoms with E-state index in [-0.39, 0.29) is 17.8 Å². The lowest BCUT2D eigenvalue weighted by molar-refractivity contribution is -0.146. The van der Waals surface area contributed by atoms with Gasteiger partial charge in [0.05, 0.1) is 24.4 Å². The largest absolute Gasteiger partial charge is 0.476 e. The lowest BCUT2D eigenvalue weighted by Crippen LogP contribution is -2.51. The lowest BCUT2D eigenvalue weighted by Gasteiger charge is -2.41. The first-order valence-electron chi connectivity index (χ1n) is 9.37. The molecule has 0 aliphatic carbocycles. The van der Waals surface area contributed by atoms with Gasteiger partial charge in [-0.05, 0) is 56.7 Å². The van der Waals surface area contributed by atoms with E-state index in [9.17, 15) is 9.59 Å². The van der Waals surface area contributed by atoms with Gasteiger partial charge >= 0.3 is 5.97 Å². The molecule has 146 valence electrons. The average Bonchev–Trinajstić information content (AvgIpc) is 2.61. The van der Waals surface area contributed by atoms with E-state index in [0.717, 1.165) is 22.6 Å². The van der Waals surface area contributed by atoms with Crippen LogP contribution in [0.2, 0.25) is 0 Å². The fourth-order valence-corrected chi connectivity index (χ4v) is 3.68. The number of esters is 1. The number of ether oxygens (including phenoxy) is 2. The highest BCUT2D eigenvalue weighted by molar-refractivity contribution is 6.08. The number of nitrogens with zero attached hydrogens (tertiary/aromatic N) is 2. The molecule has 0 N–H and O–H groups in total. The zero-order valence-corrected chi connectivity index (χ0v) is 16.6. The fraction of sp³-hybridized carbons (Fsp3) is 0.364. The molecule has 2 aliphatic rings. The van der Waals surface area contributed by atoms with Crippen molar-refractivity contribution in [2.24, 2.45) is 5.92 Å². The number of fused-ring (bicyclic) bond motifs is 1. The maximum absolute atomic E-state index is 13.2. The van der Waals surface area contributed by atoms with Crippen LogP contribution in [0.5, 0.6) is 5.75 Å². The maximum Gasteiger partial charge on any atom is 0.312 e. The van der Waals surface area contributed by atoms with Gasteiger partial charge in [0.15, 0.2) is 5.60 Å². The first-order valence-corrected chi connectivity index (χ1v) is 9.37. The van der Waals surface area contributed by atoms with E-state index in [4.69, 9.17) is 9.47 Å². The molecule has 2 aromatic rings. The van der Waals surface area contributed by atoms with Crippen LogP contribution in [0.4, 0.5) is 17.1 Å². The van der Waals surface area contributed by atoms with Crippen molar-refractivity contribution >= 4 is 28.9 Å². The monoisotopic (exact) mass is 380 g/mol. The highest BCUT2D eigenvalue weighted by Crippen LogP contribution is 2.43. The molecule has 0 atom stereocenters. The topological polar surface area (TPSA) is 59.1 Å². The second kappa shape index (κ2) is 6.55. The number of carbonyl (C=O) groups excluding carboxylic acids is 2. The van der Waals surface area contributed by atoms with E-state index in [1.54, 1.807) is 18.7 Å². The van der Waals surface area contributed by atoms with E-state index >= 15 is 0 Å². The third kappa shape index (κ3) is 2.99. The highest BCUT2D eigenvalue weighted by atomic mass is 16.5. The van der Waals surface area contributed by atoms with Crippen molar-refractivity contribution in [1.29, 1.82) is 0 Å². The van der Waals surface area contributed by atoms with E-state index in [1.165, 1.54) is 7.11 Å². The summed E-state index contributed by atoms with van der Waals surface area (Å²) in [5.41, 5.74) is 2.62. The standard InChI is InChI=1S/C22H24N2O4/c1-14-8-9-18-19(10-14)28-22(2,3)21(26)24(18)17-7-5-6-16(11-17)23-12-15(13-23)20(25)27-4/h5-11,15H,12-13H2,1-4H3. The third-order valence-electron chi connectivity index (χ3n) is 5.31. The maximum atomic E-state index is 13.2. The van der Waals surface area contributed by atoms with E-state index in [0.29, 0.717) is 18.8 Å². The zero-order valence-electron chi connectivity index (χ0n) is 16.6. The molecular formula is C22H24N2O4. The molecule has 2 heterocycles. The summed E-state index contributed by atoms with van der Waals surface area (Å²) in [6.07, 6.45) is 0. The van der Waals surface area contributed by atoms with Crippen molar-refractivity contribution in [2.45, 2.75) is 26.4 Å². The predicted octanol–water partition coefficient (Wildman–Crippen LogP) is 3.44. The summed E-state index contributed by atoms with van der Waals surface area (Å²) in [6, 6.07) is 13.7. The molecule has 1 amide bonds. The Hall–Kier alpha value is -3.02. The molecule has 6 heteroatoms. The SMILES string of the molecule is COC(=O)C1CN(c2cccc(N3C(=O)C(C)(C)Oc4cc(C)ccc43)c2)C1. The van der Waals surface area contributed by atoms with E-state index < -0.39 is 5.60 Å². The Balaban J connectivity index is 1.68. The summed E-state index contributed by atoms with van der Waals surface area (Å²) in [7, 11) is 1.41. The summed E-state index contributed by atoms with van der Waals surface area (Å²) in [5.74, 6) is 0.310.